The molecule has 2 unspecified atom stereocenters. The Kier molecular flexibility index (Phi) is 6.88. The first-order valence-corrected chi connectivity index (χ1v) is 12.3. The summed E-state index contributed by atoms with van der Waals surface area (Å²) in [5.41, 5.74) is 7.81. The van der Waals surface area contributed by atoms with Crippen molar-refractivity contribution in [1.82, 2.24) is 0 Å². The molecule has 0 heterocycles. The van der Waals surface area contributed by atoms with Crippen molar-refractivity contribution >= 4 is 46.6 Å². The molecule has 1 aliphatic carbocycles. The van der Waals surface area contributed by atoms with Crippen LogP contribution in [0.25, 0.3) is 17.2 Å². The van der Waals surface area contributed by atoms with Crippen LogP contribution in [-0.2, 0) is 0 Å². The molecule has 3 aromatic carbocycles. The molecule has 0 saturated heterocycles. The summed E-state index contributed by atoms with van der Waals surface area (Å²) in [4.78, 5) is 0. The van der Waals surface area contributed by atoms with Gasteiger partial charge in [0.25, 0.3) is 0 Å². The fourth-order valence-electron chi connectivity index (χ4n) is 4.63. The molecule has 5 heteroatoms. The topological polar surface area (TPSA) is 12.0 Å². The third-order valence-electron chi connectivity index (χ3n) is 6.39. The number of anilines is 1. The first kappa shape index (κ1) is 24.9. The molecule has 34 heavy (non-hydrogen) atoms. The van der Waals surface area contributed by atoms with Crippen molar-refractivity contribution in [3.05, 3.63) is 106 Å². The van der Waals surface area contributed by atoms with Gasteiger partial charge in [0.1, 0.15) is 10.2 Å². The van der Waals surface area contributed by atoms with Gasteiger partial charge in [-0.2, -0.15) is 0 Å². The van der Waals surface area contributed by atoms with Crippen LogP contribution < -0.4 is 5.32 Å². The molecule has 176 valence electrons. The average molecular weight is 515 g/mol. The van der Waals surface area contributed by atoms with E-state index < -0.39 is 4.33 Å². The predicted octanol–water partition coefficient (Wildman–Crippen LogP) is 9.62. The first-order valence-electron chi connectivity index (χ1n) is 11.2. The minimum Gasteiger partial charge on any atom is -0.359 e. The maximum absolute atomic E-state index is 15.0. The molecule has 1 aliphatic rings. The molecule has 0 radical (unpaired) electrons. The molecule has 2 atom stereocenters. The van der Waals surface area contributed by atoms with Crippen molar-refractivity contribution in [2.75, 3.05) is 5.32 Å². The van der Waals surface area contributed by atoms with Crippen molar-refractivity contribution in [3.8, 4) is 11.1 Å². The molecule has 4 rings (SSSR count). The van der Waals surface area contributed by atoms with Crippen LogP contribution in [-0.4, -0.2) is 4.33 Å². The predicted molar refractivity (Wildman–Crippen MR) is 146 cm³/mol. The third-order valence-corrected chi connectivity index (χ3v) is 7.55. The number of rotatable bonds is 6. The molecular weight excluding hydrogens is 488 g/mol. The van der Waals surface area contributed by atoms with Gasteiger partial charge in [0.05, 0.1) is 0 Å². The molecule has 0 aromatic heterocycles. The van der Waals surface area contributed by atoms with E-state index in [1.54, 1.807) is 6.07 Å². The average Bonchev–Trinajstić information content (AvgIpc) is 3.33. The summed E-state index contributed by atoms with van der Waals surface area (Å²) in [5, 5.41) is 4.02. The minimum atomic E-state index is -0.973. The van der Waals surface area contributed by atoms with Gasteiger partial charge in [0.15, 0.2) is 0 Å². The Morgan fingerprint density at radius 2 is 1.74 bits per heavy atom. The molecule has 0 amide bonds. The van der Waals surface area contributed by atoms with Crippen LogP contribution in [0.4, 0.5) is 10.1 Å². The maximum atomic E-state index is 15.0. The van der Waals surface area contributed by atoms with E-state index in [1.165, 1.54) is 0 Å². The number of hydrogen-bond acceptors (Lipinski definition) is 1. The van der Waals surface area contributed by atoms with Crippen molar-refractivity contribution in [2.24, 2.45) is 5.92 Å². The van der Waals surface area contributed by atoms with Gasteiger partial charge in [-0.05, 0) is 97.5 Å². The van der Waals surface area contributed by atoms with Gasteiger partial charge in [0, 0.05) is 33.8 Å². The van der Waals surface area contributed by atoms with Crippen LogP contribution in [0.5, 0.6) is 0 Å². The van der Waals surface area contributed by atoms with E-state index in [0.29, 0.717) is 16.3 Å². The Bertz CT molecular complexity index is 1290. The second-order valence-electron chi connectivity index (χ2n) is 9.06. The monoisotopic (exact) mass is 513 g/mol. The standard InChI is InChI=1S/C29H27Cl3FN/c1-6-7-20-14-25(26(33)12-18(20)4)24-15-23(9-8-17(24)3)34-19(5)27-28(29(27,31)32)21-10-16(2)11-22(30)13-21/h6-15,27-28,34H,5H2,1-4H3/b7-6-. The van der Waals surface area contributed by atoms with Crippen LogP contribution in [0, 0.1) is 32.5 Å². The normalized spacial score (nSPS) is 18.8. The first-order chi connectivity index (χ1) is 16.0. The van der Waals surface area contributed by atoms with Gasteiger partial charge in [-0.1, -0.05) is 42.5 Å². The Labute approximate surface area is 216 Å². The summed E-state index contributed by atoms with van der Waals surface area (Å²) in [6.07, 6.45) is 3.94. The lowest BCUT2D eigenvalue weighted by molar-refractivity contribution is 0.630. The van der Waals surface area contributed by atoms with Crippen LogP contribution in [0.1, 0.15) is 40.7 Å². The van der Waals surface area contributed by atoms with Gasteiger partial charge in [-0.15, -0.1) is 23.2 Å². The molecule has 0 aliphatic heterocycles. The lowest BCUT2D eigenvalue weighted by Crippen LogP contribution is -2.04. The van der Waals surface area contributed by atoms with Crippen LogP contribution >= 0.6 is 34.8 Å². The SMILES string of the molecule is C=C(Nc1ccc(C)c(-c2cc(/C=C\C)c(C)cc2F)c1)C1C(c2cc(C)cc(Cl)c2)C1(Cl)Cl. The number of halogens is 4. The Balaban J connectivity index is 1.62. The number of aryl methyl sites for hydroxylation is 3. The summed E-state index contributed by atoms with van der Waals surface area (Å²) in [6.45, 7) is 12.1. The number of hydrogen-bond donors (Lipinski definition) is 1. The van der Waals surface area contributed by atoms with E-state index in [0.717, 1.165) is 39.1 Å². The summed E-state index contributed by atoms with van der Waals surface area (Å²) in [6, 6.07) is 15.2. The summed E-state index contributed by atoms with van der Waals surface area (Å²) in [5.74, 6) is -0.545. The van der Waals surface area contributed by atoms with Gasteiger partial charge in [-0.25, -0.2) is 4.39 Å². The van der Waals surface area contributed by atoms with Crippen LogP contribution in [0.15, 0.2) is 66.9 Å². The summed E-state index contributed by atoms with van der Waals surface area (Å²) < 4.78 is 14.0. The molecule has 1 fully saturated rings. The van der Waals surface area contributed by atoms with Crippen molar-refractivity contribution in [3.63, 3.8) is 0 Å². The fraction of sp³-hybridized carbons (Fsp3) is 0.241. The number of allylic oxidation sites excluding steroid dienone is 2. The van der Waals surface area contributed by atoms with E-state index in [2.05, 4.69) is 18.0 Å². The van der Waals surface area contributed by atoms with E-state index in [4.69, 9.17) is 34.8 Å². The zero-order chi connectivity index (χ0) is 24.8. The highest BCUT2D eigenvalue weighted by molar-refractivity contribution is 6.52. The Morgan fingerprint density at radius 1 is 1.00 bits per heavy atom. The van der Waals surface area contributed by atoms with Gasteiger partial charge >= 0.3 is 0 Å². The van der Waals surface area contributed by atoms with E-state index >= 15 is 0 Å². The molecule has 1 N–H and O–H groups in total. The molecule has 3 aromatic rings. The Hall–Kier alpha value is -2.26. The van der Waals surface area contributed by atoms with Crippen LogP contribution in [0.3, 0.4) is 0 Å². The summed E-state index contributed by atoms with van der Waals surface area (Å²) >= 11 is 19.6. The van der Waals surface area contributed by atoms with Crippen molar-refractivity contribution in [2.45, 2.75) is 37.9 Å². The Morgan fingerprint density at radius 3 is 2.41 bits per heavy atom. The highest BCUT2D eigenvalue weighted by atomic mass is 35.5. The fourth-order valence-corrected chi connectivity index (χ4v) is 5.82. The van der Waals surface area contributed by atoms with Crippen molar-refractivity contribution in [1.29, 1.82) is 0 Å². The second-order valence-corrected chi connectivity index (χ2v) is 10.9. The van der Waals surface area contributed by atoms with Gasteiger partial charge in [0.2, 0.25) is 0 Å². The van der Waals surface area contributed by atoms with E-state index in [-0.39, 0.29) is 17.7 Å². The number of alkyl halides is 2. The maximum Gasteiger partial charge on any atom is 0.134 e. The third kappa shape index (κ3) is 4.77. The van der Waals surface area contributed by atoms with Gasteiger partial charge in [-0.3, -0.25) is 0 Å². The molecule has 0 spiro atoms. The highest BCUT2D eigenvalue weighted by Crippen LogP contribution is 2.67. The second kappa shape index (κ2) is 9.41. The van der Waals surface area contributed by atoms with Crippen LogP contribution in [0.2, 0.25) is 5.02 Å². The zero-order valence-electron chi connectivity index (χ0n) is 19.6. The molecule has 1 saturated carbocycles. The lowest BCUT2D eigenvalue weighted by atomic mass is 9.95. The summed E-state index contributed by atoms with van der Waals surface area (Å²) in [7, 11) is 0. The zero-order valence-corrected chi connectivity index (χ0v) is 21.9. The minimum absolute atomic E-state index is 0.115. The van der Waals surface area contributed by atoms with E-state index in [9.17, 15) is 4.39 Å². The molecule has 1 nitrogen and oxygen atoms in total. The largest absolute Gasteiger partial charge is 0.359 e. The lowest BCUT2D eigenvalue weighted by Gasteiger charge is -2.15. The van der Waals surface area contributed by atoms with E-state index in [1.807, 2.05) is 76.2 Å². The smallest absolute Gasteiger partial charge is 0.134 e. The van der Waals surface area contributed by atoms with Gasteiger partial charge < -0.3 is 5.32 Å². The molecular formula is C29H27Cl3FN. The highest BCUT2D eigenvalue weighted by Gasteiger charge is 2.65. The molecule has 0 bridgehead atoms. The number of nitrogens with one attached hydrogen (secondary N) is 1. The van der Waals surface area contributed by atoms with Crippen molar-refractivity contribution < 1.29 is 4.39 Å². The number of benzene rings is 3. The quantitative estimate of drug-likeness (QED) is 0.323.